The molecule has 27 heavy (non-hydrogen) atoms. The molecule has 1 aliphatic carbocycles. The summed E-state index contributed by atoms with van der Waals surface area (Å²) in [6.45, 7) is 4.12. The molecule has 6 nitrogen and oxygen atoms in total. The lowest BCUT2D eigenvalue weighted by atomic mass is 9.94. The third-order valence-electron chi connectivity index (χ3n) is 5.50. The van der Waals surface area contributed by atoms with Gasteiger partial charge in [-0.25, -0.2) is 9.67 Å². The Morgan fingerprint density at radius 1 is 1.30 bits per heavy atom. The van der Waals surface area contributed by atoms with Crippen LogP contribution in [0.15, 0.2) is 35.1 Å². The number of nitrogens with zero attached hydrogens (tertiary/aromatic N) is 4. The van der Waals surface area contributed by atoms with E-state index < -0.39 is 0 Å². The van der Waals surface area contributed by atoms with E-state index in [2.05, 4.69) is 18.9 Å². The van der Waals surface area contributed by atoms with Crippen molar-refractivity contribution < 1.29 is 9.21 Å². The molecule has 0 radical (unpaired) electrons. The van der Waals surface area contributed by atoms with Crippen molar-refractivity contribution >= 4 is 16.9 Å². The maximum atomic E-state index is 13.4. The molecule has 6 heteroatoms. The molecule has 0 spiro atoms. The minimum Gasteiger partial charge on any atom is -0.463 e. The van der Waals surface area contributed by atoms with Gasteiger partial charge in [-0.3, -0.25) is 4.79 Å². The molecule has 3 aromatic rings. The largest absolute Gasteiger partial charge is 0.463 e. The molecule has 0 N–H and O–H groups in total. The lowest BCUT2D eigenvalue weighted by Crippen LogP contribution is -2.38. The van der Waals surface area contributed by atoms with Crippen LogP contribution in [0.4, 0.5) is 0 Å². The van der Waals surface area contributed by atoms with Crippen LogP contribution >= 0.6 is 0 Å². The Labute approximate surface area is 159 Å². The van der Waals surface area contributed by atoms with Gasteiger partial charge < -0.3 is 9.32 Å². The summed E-state index contributed by atoms with van der Waals surface area (Å²) < 4.78 is 7.40. The first kappa shape index (κ1) is 17.8. The highest BCUT2D eigenvalue weighted by Gasteiger charge is 2.26. The van der Waals surface area contributed by atoms with Gasteiger partial charge in [-0.2, -0.15) is 5.10 Å². The lowest BCUT2D eigenvalue weighted by Gasteiger charge is -2.31. The predicted molar refractivity (Wildman–Crippen MR) is 105 cm³/mol. The van der Waals surface area contributed by atoms with Gasteiger partial charge in [-0.1, -0.05) is 19.3 Å². The molecule has 1 amide bonds. The van der Waals surface area contributed by atoms with E-state index in [1.54, 1.807) is 12.5 Å². The number of amides is 1. The summed E-state index contributed by atoms with van der Waals surface area (Å²) in [6.07, 6.45) is 9.18. The fourth-order valence-corrected chi connectivity index (χ4v) is 3.95. The third kappa shape index (κ3) is 3.24. The van der Waals surface area contributed by atoms with Gasteiger partial charge in [0.05, 0.1) is 23.4 Å². The van der Waals surface area contributed by atoms with Gasteiger partial charge in [0, 0.05) is 19.1 Å². The zero-order chi connectivity index (χ0) is 19.0. The van der Waals surface area contributed by atoms with Crippen LogP contribution < -0.4 is 0 Å². The summed E-state index contributed by atoms with van der Waals surface area (Å²) in [6, 6.07) is 6.00. The summed E-state index contributed by atoms with van der Waals surface area (Å²) in [7, 11) is 1.92. The van der Waals surface area contributed by atoms with Crippen LogP contribution in [0.3, 0.4) is 0 Å². The SMILES string of the molecule is CC(C)n1ncc2c(C(=O)N(C)C3CCCCC3)cc(-c3ccco3)nc21. The van der Waals surface area contributed by atoms with Gasteiger partial charge in [0.25, 0.3) is 5.91 Å². The highest BCUT2D eigenvalue weighted by atomic mass is 16.3. The summed E-state index contributed by atoms with van der Waals surface area (Å²) in [5.74, 6) is 0.688. The molecule has 0 saturated heterocycles. The van der Waals surface area contributed by atoms with Crippen LogP contribution in [0.5, 0.6) is 0 Å². The standard InChI is InChI=1S/C21H26N4O2/c1-14(2)25-20-17(13-22-25)16(12-18(23-20)19-10-7-11-27-19)21(26)24(3)15-8-5-4-6-9-15/h7,10-15H,4-6,8-9H2,1-3H3. The molecule has 1 fully saturated rings. The monoisotopic (exact) mass is 366 g/mol. The van der Waals surface area contributed by atoms with E-state index in [4.69, 9.17) is 9.40 Å². The fourth-order valence-electron chi connectivity index (χ4n) is 3.95. The molecular formula is C21H26N4O2. The van der Waals surface area contributed by atoms with Gasteiger partial charge in [-0.05, 0) is 44.9 Å². The minimum absolute atomic E-state index is 0.0328. The van der Waals surface area contributed by atoms with Crippen molar-refractivity contribution in [2.45, 2.75) is 58.0 Å². The van der Waals surface area contributed by atoms with Gasteiger partial charge in [0.1, 0.15) is 5.69 Å². The van der Waals surface area contributed by atoms with Crippen molar-refractivity contribution in [3.63, 3.8) is 0 Å². The normalized spacial score (nSPS) is 15.6. The summed E-state index contributed by atoms with van der Waals surface area (Å²) >= 11 is 0. The van der Waals surface area contributed by atoms with Crippen molar-refractivity contribution in [2.24, 2.45) is 0 Å². The van der Waals surface area contributed by atoms with Crippen LogP contribution in [0.1, 0.15) is 62.4 Å². The van der Waals surface area contributed by atoms with Crippen LogP contribution in [0, 0.1) is 0 Å². The fraction of sp³-hybridized carbons (Fsp3) is 0.476. The van der Waals surface area contributed by atoms with E-state index in [1.165, 1.54) is 19.3 Å². The van der Waals surface area contributed by atoms with Gasteiger partial charge in [0.2, 0.25) is 0 Å². The molecular weight excluding hydrogens is 340 g/mol. The predicted octanol–water partition coefficient (Wildman–Crippen LogP) is 4.68. The topological polar surface area (TPSA) is 64.2 Å². The van der Waals surface area contributed by atoms with Gasteiger partial charge >= 0.3 is 0 Å². The van der Waals surface area contributed by atoms with E-state index in [0.717, 1.165) is 23.9 Å². The Morgan fingerprint density at radius 3 is 2.74 bits per heavy atom. The molecule has 0 bridgehead atoms. The maximum absolute atomic E-state index is 13.4. The second-order valence-electron chi connectivity index (χ2n) is 7.66. The van der Waals surface area contributed by atoms with Crippen molar-refractivity contribution in [1.82, 2.24) is 19.7 Å². The second kappa shape index (κ2) is 7.18. The molecule has 3 aromatic heterocycles. The van der Waals surface area contributed by atoms with E-state index in [-0.39, 0.29) is 11.9 Å². The molecule has 0 aliphatic heterocycles. The van der Waals surface area contributed by atoms with Crippen LogP contribution in [-0.2, 0) is 0 Å². The van der Waals surface area contributed by atoms with Crippen LogP contribution in [-0.4, -0.2) is 38.7 Å². The van der Waals surface area contributed by atoms with Crippen molar-refractivity contribution in [3.05, 3.63) is 36.2 Å². The highest BCUT2D eigenvalue weighted by molar-refractivity contribution is 6.06. The first-order valence-electron chi connectivity index (χ1n) is 9.75. The van der Waals surface area contributed by atoms with E-state index in [1.807, 2.05) is 34.8 Å². The van der Waals surface area contributed by atoms with E-state index in [0.29, 0.717) is 23.1 Å². The van der Waals surface area contributed by atoms with E-state index in [9.17, 15) is 4.79 Å². The molecule has 0 unspecified atom stereocenters. The smallest absolute Gasteiger partial charge is 0.254 e. The van der Waals surface area contributed by atoms with Crippen LogP contribution in [0.25, 0.3) is 22.5 Å². The zero-order valence-corrected chi connectivity index (χ0v) is 16.2. The number of fused-ring (bicyclic) bond motifs is 1. The first-order chi connectivity index (χ1) is 13.1. The average molecular weight is 366 g/mol. The Balaban J connectivity index is 1.81. The van der Waals surface area contributed by atoms with Crippen molar-refractivity contribution in [1.29, 1.82) is 0 Å². The Morgan fingerprint density at radius 2 is 2.07 bits per heavy atom. The summed E-state index contributed by atoms with van der Waals surface area (Å²) in [5, 5.41) is 5.28. The molecule has 1 saturated carbocycles. The van der Waals surface area contributed by atoms with Crippen molar-refractivity contribution in [3.8, 4) is 11.5 Å². The summed E-state index contributed by atoms with van der Waals surface area (Å²) in [4.78, 5) is 20.0. The lowest BCUT2D eigenvalue weighted by molar-refractivity contribution is 0.0698. The van der Waals surface area contributed by atoms with Crippen molar-refractivity contribution in [2.75, 3.05) is 7.05 Å². The van der Waals surface area contributed by atoms with Crippen LogP contribution in [0.2, 0.25) is 0 Å². The number of hydrogen-bond donors (Lipinski definition) is 0. The minimum atomic E-state index is 0.0328. The first-order valence-corrected chi connectivity index (χ1v) is 9.75. The third-order valence-corrected chi connectivity index (χ3v) is 5.50. The average Bonchev–Trinajstić information content (AvgIpc) is 3.36. The molecule has 1 aliphatic rings. The summed E-state index contributed by atoms with van der Waals surface area (Å²) in [5.41, 5.74) is 2.03. The number of pyridine rings is 1. The van der Waals surface area contributed by atoms with Gasteiger partial charge in [-0.15, -0.1) is 0 Å². The molecule has 4 rings (SSSR count). The maximum Gasteiger partial charge on any atom is 0.254 e. The molecule has 142 valence electrons. The number of aromatic nitrogens is 3. The molecule has 0 aromatic carbocycles. The number of hydrogen-bond acceptors (Lipinski definition) is 4. The molecule has 3 heterocycles. The Kier molecular flexibility index (Phi) is 4.72. The molecule has 0 atom stereocenters. The number of furan rings is 1. The van der Waals surface area contributed by atoms with Gasteiger partial charge in [0.15, 0.2) is 11.4 Å². The quantitative estimate of drug-likeness (QED) is 0.673. The Bertz CT molecular complexity index is 937. The van der Waals surface area contributed by atoms with E-state index >= 15 is 0 Å². The second-order valence-corrected chi connectivity index (χ2v) is 7.66. The Hall–Kier alpha value is -2.63. The number of carbonyl (C=O) groups excluding carboxylic acids is 1. The number of carbonyl (C=O) groups is 1. The highest BCUT2D eigenvalue weighted by Crippen LogP contribution is 2.29. The number of rotatable bonds is 4. The zero-order valence-electron chi connectivity index (χ0n) is 16.2.